The van der Waals surface area contributed by atoms with Gasteiger partial charge >= 0.3 is 0 Å². The minimum Gasteiger partial charge on any atom is -0.351 e. The van der Waals surface area contributed by atoms with Crippen molar-refractivity contribution in [2.45, 2.75) is 42.6 Å². The van der Waals surface area contributed by atoms with Crippen LogP contribution >= 0.6 is 31.9 Å². The van der Waals surface area contributed by atoms with Crippen LogP contribution in [-0.4, -0.2) is 21.9 Å². The van der Waals surface area contributed by atoms with E-state index in [0.29, 0.717) is 16.9 Å². The number of hydrogen-bond acceptors (Lipinski definition) is 2. The summed E-state index contributed by atoms with van der Waals surface area (Å²) in [5, 5.41) is 0. The van der Waals surface area contributed by atoms with Crippen molar-refractivity contribution in [3.8, 4) is 0 Å². The normalized spacial score (nSPS) is 33.1. The third kappa shape index (κ3) is 1.90. The van der Waals surface area contributed by atoms with Crippen LogP contribution in [0, 0.1) is 0 Å². The lowest BCUT2D eigenvalue weighted by Crippen LogP contribution is -2.43. The highest BCUT2D eigenvalue weighted by atomic mass is 79.9. The Morgan fingerprint density at radius 3 is 2.44 bits per heavy atom. The smallest absolute Gasteiger partial charge is 0.129 e. The summed E-state index contributed by atoms with van der Waals surface area (Å²) >= 11 is 7.20. The van der Waals surface area contributed by atoms with Crippen molar-refractivity contribution in [3.63, 3.8) is 0 Å². The molecule has 2 bridgehead atoms. The molecular weight excluding hydrogens is 332 g/mol. The van der Waals surface area contributed by atoms with Gasteiger partial charge in [0.2, 0.25) is 0 Å². The minimum atomic E-state index is 0.691. The van der Waals surface area contributed by atoms with Crippen LogP contribution in [0.25, 0.3) is 0 Å². The van der Waals surface area contributed by atoms with Gasteiger partial charge in [0, 0.05) is 27.6 Å². The van der Waals surface area contributed by atoms with E-state index in [9.17, 15) is 0 Å². The number of piperidine rings is 1. The second-order valence-corrected chi connectivity index (χ2v) is 6.91. The number of rotatable bonds is 1. The van der Waals surface area contributed by atoms with Gasteiger partial charge in [0.15, 0.2) is 0 Å². The Hall–Kier alpha value is -0.0900. The van der Waals surface area contributed by atoms with Gasteiger partial charge in [-0.3, -0.25) is 0 Å². The molecule has 2 saturated heterocycles. The predicted octanol–water partition coefficient (Wildman–Crippen LogP) is 3.74. The van der Waals surface area contributed by atoms with Crippen molar-refractivity contribution in [2.24, 2.45) is 0 Å². The van der Waals surface area contributed by atoms with Crippen LogP contribution in [-0.2, 0) is 0 Å². The van der Waals surface area contributed by atoms with E-state index in [1.165, 1.54) is 25.7 Å². The third-order valence-corrected chi connectivity index (χ3v) is 4.87. The second-order valence-electron chi connectivity index (χ2n) is 4.70. The van der Waals surface area contributed by atoms with Gasteiger partial charge in [-0.05, 0) is 53.7 Å². The van der Waals surface area contributed by atoms with Crippen molar-refractivity contribution >= 4 is 37.7 Å². The zero-order valence-corrected chi connectivity index (χ0v) is 12.1. The third-order valence-electron chi connectivity index (χ3n) is 3.65. The standard InChI is InChI=1S/C12H14Br2N2/c13-8-1-4-12(15-7-8)16-10-2-3-11(16)6-9(14)5-10/h1,4,7,9-11H,2-3,5-6H2. The van der Waals surface area contributed by atoms with E-state index >= 15 is 0 Å². The molecule has 1 aromatic rings. The Morgan fingerprint density at radius 2 is 1.88 bits per heavy atom. The van der Waals surface area contributed by atoms with Gasteiger partial charge in [0.05, 0.1) is 0 Å². The summed E-state index contributed by atoms with van der Waals surface area (Å²) in [6.07, 6.45) is 7.06. The van der Waals surface area contributed by atoms with E-state index in [0.717, 1.165) is 10.3 Å². The lowest BCUT2D eigenvalue weighted by molar-refractivity contribution is 0.479. The Balaban J connectivity index is 1.88. The molecule has 1 aromatic heterocycles. The van der Waals surface area contributed by atoms with Crippen LogP contribution in [0.5, 0.6) is 0 Å². The molecule has 0 radical (unpaired) electrons. The fourth-order valence-corrected chi connectivity index (χ4v) is 4.10. The lowest BCUT2D eigenvalue weighted by atomic mass is 10.0. The highest BCUT2D eigenvalue weighted by Crippen LogP contribution is 2.40. The Labute approximate surface area is 113 Å². The van der Waals surface area contributed by atoms with E-state index in [4.69, 9.17) is 0 Å². The monoisotopic (exact) mass is 344 g/mol. The average molecular weight is 346 g/mol. The van der Waals surface area contributed by atoms with E-state index < -0.39 is 0 Å². The molecule has 3 heterocycles. The number of fused-ring (bicyclic) bond motifs is 2. The first-order valence-corrected chi connectivity index (χ1v) is 7.49. The van der Waals surface area contributed by atoms with E-state index in [1.807, 2.05) is 6.20 Å². The summed E-state index contributed by atoms with van der Waals surface area (Å²) in [4.78, 5) is 7.77. The van der Waals surface area contributed by atoms with E-state index in [2.05, 4.69) is 53.9 Å². The van der Waals surface area contributed by atoms with Crippen LogP contribution in [0.1, 0.15) is 25.7 Å². The molecule has 2 aliphatic heterocycles. The zero-order valence-electron chi connectivity index (χ0n) is 8.94. The average Bonchev–Trinajstić information content (AvgIpc) is 2.54. The first-order valence-electron chi connectivity index (χ1n) is 5.78. The molecule has 0 N–H and O–H groups in total. The number of anilines is 1. The van der Waals surface area contributed by atoms with Gasteiger partial charge in [0.1, 0.15) is 5.82 Å². The summed E-state index contributed by atoms with van der Waals surface area (Å²) in [5.74, 6) is 1.15. The summed E-state index contributed by atoms with van der Waals surface area (Å²) in [7, 11) is 0. The molecule has 0 spiro atoms. The van der Waals surface area contributed by atoms with Crippen molar-refractivity contribution in [1.82, 2.24) is 4.98 Å². The van der Waals surface area contributed by atoms with Gasteiger partial charge in [-0.1, -0.05) is 15.9 Å². The van der Waals surface area contributed by atoms with Gasteiger partial charge in [-0.25, -0.2) is 4.98 Å². The molecule has 2 nitrogen and oxygen atoms in total. The molecule has 0 aliphatic carbocycles. The lowest BCUT2D eigenvalue weighted by Gasteiger charge is -2.38. The van der Waals surface area contributed by atoms with Crippen LogP contribution in [0.2, 0.25) is 0 Å². The molecule has 2 unspecified atom stereocenters. The molecule has 86 valence electrons. The van der Waals surface area contributed by atoms with Crippen molar-refractivity contribution in [2.75, 3.05) is 4.90 Å². The summed E-state index contributed by atoms with van der Waals surface area (Å²) in [6.45, 7) is 0. The zero-order chi connectivity index (χ0) is 11.1. The highest BCUT2D eigenvalue weighted by Gasteiger charge is 2.40. The van der Waals surface area contributed by atoms with Crippen molar-refractivity contribution in [3.05, 3.63) is 22.8 Å². The quantitative estimate of drug-likeness (QED) is 0.721. The SMILES string of the molecule is Brc1ccc(N2C3CCC2CC(Br)C3)nc1. The van der Waals surface area contributed by atoms with Crippen molar-refractivity contribution in [1.29, 1.82) is 0 Å². The number of alkyl halides is 1. The van der Waals surface area contributed by atoms with Crippen LogP contribution < -0.4 is 4.90 Å². The fraction of sp³-hybridized carbons (Fsp3) is 0.583. The number of hydrogen-bond donors (Lipinski definition) is 0. The molecule has 2 atom stereocenters. The fourth-order valence-electron chi connectivity index (χ4n) is 3.01. The Bertz CT molecular complexity index is 365. The number of aromatic nitrogens is 1. The topological polar surface area (TPSA) is 16.1 Å². The van der Waals surface area contributed by atoms with Gasteiger partial charge in [-0.15, -0.1) is 0 Å². The summed E-state index contributed by atoms with van der Waals surface area (Å²) in [5.41, 5.74) is 0. The molecule has 2 aliphatic rings. The maximum Gasteiger partial charge on any atom is 0.129 e. The van der Waals surface area contributed by atoms with E-state index in [-0.39, 0.29) is 0 Å². The number of pyridine rings is 1. The van der Waals surface area contributed by atoms with Crippen LogP contribution in [0.3, 0.4) is 0 Å². The molecule has 0 saturated carbocycles. The maximum atomic E-state index is 4.53. The van der Waals surface area contributed by atoms with Crippen molar-refractivity contribution < 1.29 is 0 Å². The minimum absolute atomic E-state index is 0.691. The highest BCUT2D eigenvalue weighted by molar-refractivity contribution is 9.10. The van der Waals surface area contributed by atoms with Crippen LogP contribution in [0.15, 0.2) is 22.8 Å². The summed E-state index contributed by atoms with van der Waals surface area (Å²) < 4.78 is 1.05. The molecule has 4 heteroatoms. The first kappa shape index (κ1) is 11.0. The van der Waals surface area contributed by atoms with E-state index in [1.54, 1.807) is 0 Å². The molecule has 0 aromatic carbocycles. The molecule has 3 rings (SSSR count). The number of halogens is 2. The number of nitrogens with zero attached hydrogens (tertiary/aromatic N) is 2. The molecule has 16 heavy (non-hydrogen) atoms. The largest absolute Gasteiger partial charge is 0.351 e. The summed E-state index contributed by atoms with van der Waals surface area (Å²) in [6, 6.07) is 5.60. The molecule has 0 amide bonds. The Morgan fingerprint density at radius 1 is 1.19 bits per heavy atom. The second kappa shape index (κ2) is 4.30. The van der Waals surface area contributed by atoms with Gasteiger partial charge in [-0.2, -0.15) is 0 Å². The molecular formula is C12H14Br2N2. The maximum absolute atomic E-state index is 4.53. The first-order chi connectivity index (χ1) is 7.74. The van der Waals surface area contributed by atoms with Gasteiger partial charge in [0.25, 0.3) is 0 Å². The van der Waals surface area contributed by atoms with Crippen LogP contribution in [0.4, 0.5) is 5.82 Å². The van der Waals surface area contributed by atoms with Gasteiger partial charge < -0.3 is 4.90 Å². The molecule has 2 fully saturated rings. The predicted molar refractivity (Wildman–Crippen MR) is 73.2 cm³/mol. The Kier molecular flexibility index (Phi) is 2.96.